The molecular formula is C30H44O4. The normalized spacial score (nSPS) is 48.0. The van der Waals surface area contributed by atoms with Crippen molar-refractivity contribution in [1.82, 2.24) is 0 Å². The minimum Gasteiger partial charge on any atom is -0.481 e. The first kappa shape index (κ1) is 24.1. The van der Waals surface area contributed by atoms with E-state index < -0.39 is 5.97 Å². The van der Waals surface area contributed by atoms with Crippen LogP contribution in [0.3, 0.4) is 0 Å². The zero-order chi connectivity index (χ0) is 24.7. The molecule has 4 aliphatic carbocycles. The molecule has 1 aliphatic heterocycles. The number of carboxylic acid groups (broad SMARTS) is 1. The van der Waals surface area contributed by atoms with E-state index in [1.54, 1.807) is 0 Å². The number of allylic oxidation sites excluding steroid dienone is 1. The molecule has 188 valence electrons. The van der Waals surface area contributed by atoms with Gasteiger partial charge in [-0.05, 0) is 111 Å². The van der Waals surface area contributed by atoms with Gasteiger partial charge in [0, 0.05) is 18.4 Å². The summed E-state index contributed by atoms with van der Waals surface area (Å²) in [6.45, 7) is 15.8. The van der Waals surface area contributed by atoms with Crippen molar-refractivity contribution in [3.63, 3.8) is 0 Å². The van der Waals surface area contributed by atoms with Crippen LogP contribution in [-0.4, -0.2) is 23.1 Å². The number of hydrogen-bond acceptors (Lipinski definition) is 3. The number of aliphatic carboxylic acids is 1. The quantitative estimate of drug-likeness (QED) is 0.339. The molecule has 5 aliphatic rings. The van der Waals surface area contributed by atoms with E-state index in [9.17, 15) is 14.7 Å². The number of ether oxygens (including phenoxy) is 1. The summed E-state index contributed by atoms with van der Waals surface area (Å²) >= 11 is 0. The fourth-order valence-electron chi connectivity index (χ4n) is 10.4. The highest BCUT2D eigenvalue weighted by Crippen LogP contribution is 2.87. The highest BCUT2D eigenvalue weighted by Gasteiger charge is 2.80. The number of cyclic esters (lactones) is 1. The molecule has 1 N–H and O–H groups in total. The molecule has 1 spiro atoms. The summed E-state index contributed by atoms with van der Waals surface area (Å²) in [7, 11) is 0. The van der Waals surface area contributed by atoms with Gasteiger partial charge in [0.05, 0.1) is 0 Å². The molecule has 0 aromatic carbocycles. The van der Waals surface area contributed by atoms with E-state index in [4.69, 9.17) is 4.74 Å². The first-order chi connectivity index (χ1) is 15.9. The third-order valence-corrected chi connectivity index (χ3v) is 12.4. The van der Waals surface area contributed by atoms with Crippen LogP contribution in [0.1, 0.15) is 98.8 Å². The van der Waals surface area contributed by atoms with Gasteiger partial charge in [0.2, 0.25) is 0 Å². The highest BCUT2D eigenvalue weighted by molar-refractivity contribution is 5.88. The Balaban J connectivity index is 1.43. The number of rotatable bonds is 6. The lowest BCUT2D eigenvalue weighted by molar-refractivity contribution is -0.155. The summed E-state index contributed by atoms with van der Waals surface area (Å²) in [5, 5.41) is 9.53. The lowest BCUT2D eigenvalue weighted by atomic mass is 9.43. The minimum atomic E-state index is -0.660. The number of carbonyl (C=O) groups excluding carboxylic acids is 1. The molecule has 0 unspecified atom stereocenters. The number of carboxylic acids is 1. The number of hydrogen-bond donors (Lipinski definition) is 1. The van der Waals surface area contributed by atoms with E-state index in [0.717, 1.165) is 24.8 Å². The van der Waals surface area contributed by atoms with Crippen LogP contribution in [-0.2, 0) is 14.3 Å². The summed E-state index contributed by atoms with van der Waals surface area (Å²) in [5.74, 6) is 1.26. The Kier molecular flexibility index (Phi) is 5.47. The summed E-state index contributed by atoms with van der Waals surface area (Å²) in [4.78, 5) is 23.9. The van der Waals surface area contributed by atoms with Crippen molar-refractivity contribution in [2.45, 2.75) is 105 Å². The first-order valence-corrected chi connectivity index (χ1v) is 13.7. The smallest absolute Gasteiger partial charge is 0.333 e. The van der Waals surface area contributed by atoms with Crippen LogP contribution in [0, 0.1) is 45.3 Å². The number of fused-ring (bicyclic) bond motifs is 2. The predicted molar refractivity (Wildman–Crippen MR) is 133 cm³/mol. The van der Waals surface area contributed by atoms with Crippen LogP contribution >= 0.6 is 0 Å². The Hall–Kier alpha value is -1.58. The maximum Gasteiger partial charge on any atom is 0.333 e. The lowest BCUT2D eigenvalue weighted by Gasteiger charge is -2.61. The highest BCUT2D eigenvalue weighted by atomic mass is 16.5. The third kappa shape index (κ3) is 3.02. The standard InChI is InChI=1S/C30H44O4/c1-18(2)21-8-10-24-28(6)13-11-22(20(4)23-9-7-19(3)26(33)34-23)27(28,5)15-16-30(24)17-29(21,30)14-12-25(31)32/h7,20-24H,1,8-17H2,2-6H3,(H,31,32)/t20-,21-,22-,23+,24+,27-,28-,29-,30+/m1/s1. The SMILES string of the molecule is C=C(C)[C@H]1CC[C@@H]2[C@]3(CC[C@]4(C)[C@@H]([C@@H](C)[C@@H]5CC=C(C)C(=O)O5)CC[C@]24C)C[C@]13CCC(=O)O. The fraction of sp³-hybridized carbons (Fsp3) is 0.800. The van der Waals surface area contributed by atoms with Gasteiger partial charge in [-0.15, -0.1) is 0 Å². The zero-order valence-corrected chi connectivity index (χ0v) is 21.9. The van der Waals surface area contributed by atoms with Gasteiger partial charge in [-0.3, -0.25) is 4.79 Å². The van der Waals surface area contributed by atoms with Gasteiger partial charge in [0.1, 0.15) is 6.10 Å². The summed E-state index contributed by atoms with van der Waals surface area (Å²) in [5.41, 5.74) is 2.95. The molecule has 34 heavy (non-hydrogen) atoms. The van der Waals surface area contributed by atoms with Gasteiger partial charge in [0.15, 0.2) is 0 Å². The molecule has 0 radical (unpaired) electrons. The molecule has 4 fully saturated rings. The molecular weight excluding hydrogens is 424 g/mol. The van der Waals surface area contributed by atoms with E-state index in [1.165, 1.54) is 44.1 Å². The maximum atomic E-state index is 12.3. The molecule has 4 saturated carbocycles. The molecule has 0 amide bonds. The van der Waals surface area contributed by atoms with E-state index >= 15 is 0 Å². The molecule has 0 aromatic heterocycles. The Morgan fingerprint density at radius 3 is 2.59 bits per heavy atom. The summed E-state index contributed by atoms with van der Waals surface area (Å²) < 4.78 is 5.90. The average Bonchev–Trinajstić information content (AvgIpc) is 3.37. The van der Waals surface area contributed by atoms with Gasteiger partial charge in [-0.25, -0.2) is 4.79 Å². The van der Waals surface area contributed by atoms with E-state index in [2.05, 4.69) is 40.3 Å². The predicted octanol–water partition coefficient (Wildman–Crippen LogP) is 6.94. The fourth-order valence-corrected chi connectivity index (χ4v) is 10.4. The van der Waals surface area contributed by atoms with Crippen molar-refractivity contribution in [3.8, 4) is 0 Å². The van der Waals surface area contributed by atoms with E-state index in [-0.39, 0.29) is 34.7 Å². The van der Waals surface area contributed by atoms with Gasteiger partial charge >= 0.3 is 11.9 Å². The van der Waals surface area contributed by atoms with Gasteiger partial charge in [-0.2, -0.15) is 0 Å². The summed E-state index contributed by atoms with van der Waals surface area (Å²) in [6, 6.07) is 0. The topological polar surface area (TPSA) is 63.6 Å². The molecule has 4 heteroatoms. The molecule has 0 saturated heterocycles. The van der Waals surface area contributed by atoms with Gasteiger partial charge in [-0.1, -0.05) is 39.0 Å². The Labute approximate surface area is 205 Å². The summed E-state index contributed by atoms with van der Waals surface area (Å²) in [6.07, 6.45) is 12.5. The van der Waals surface area contributed by atoms with Crippen molar-refractivity contribution < 1.29 is 19.4 Å². The molecule has 4 nitrogen and oxygen atoms in total. The van der Waals surface area contributed by atoms with Crippen molar-refractivity contribution in [1.29, 1.82) is 0 Å². The Bertz CT molecular complexity index is 949. The zero-order valence-electron chi connectivity index (χ0n) is 21.9. The molecule has 9 atom stereocenters. The second kappa shape index (κ2) is 7.71. The maximum absolute atomic E-state index is 12.3. The van der Waals surface area contributed by atoms with Crippen LogP contribution in [0.4, 0.5) is 0 Å². The largest absolute Gasteiger partial charge is 0.481 e. The second-order valence-corrected chi connectivity index (χ2v) is 13.3. The van der Waals surface area contributed by atoms with Gasteiger partial charge < -0.3 is 9.84 Å². The van der Waals surface area contributed by atoms with Crippen LogP contribution in [0.2, 0.25) is 0 Å². The van der Waals surface area contributed by atoms with Crippen LogP contribution in [0.5, 0.6) is 0 Å². The van der Waals surface area contributed by atoms with Crippen LogP contribution in [0.15, 0.2) is 23.8 Å². The van der Waals surface area contributed by atoms with Crippen molar-refractivity contribution in [2.24, 2.45) is 45.3 Å². The van der Waals surface area contributed by atoms with Crippen molar-refractivity contribution in [2.75, 3.05) is 0 Å². The van der Waals surface area contributed by atoms with Gasteiger partial charge in [0.25, 0.3) is 0 Å². The van der Waals surface area contributed by atoms with Crippen molar-refractivity contribution in [3.05, 3.63) is 23.8 Å². The number of carbonyl (C=O) groups is 2. The second-order valence-electron chi connectivity index (χ2n) is 13.3. The Morgan fingerprint density at radius 1 is 1.21 bits per heavy atom. The molecule has 5 rings (SSSR count). The third-order valence-electron chi connectivity index (χ3n) is 12.4. The lowest BCUT2D eigenvalue weighted by Crippen LogP contribution is -2.55. The molecule has 0 aromatic rings. The average molecular weight is 469 g/mol. The molecule has 0 bridgehead atoms. The van der Waals surface area contributed by atoms with E-state index in [0.29, 0.717) is 29.1 Å². The number of esters is 1. The van der Waals surface area contributed by atoms with Crippen molar-refractivity contribution >= 4 is 11.9 Å². The van der Waals surface area contributed by atoms with Crippen LogP contribution in [0.25, 0.3) is 0 Å². The minimum absolute atomic E-state index is 0.00834. The van der Waals surface area contributed by atoms with Crippen LogP contribution < -0.4 is 0 Å². The Morgan fingerprint density at radius 2 is 1.94 bits per heavy atom. The van der Waals surface area contributed by atoms with E-state index in [1.807, 2.05) is 6.92 Å². The monoisotopic (exact) mass is 468 g/mol. The molecule has 1 heterocycles. The first-order valence-electron chi connectivity index (χ1n) is 13.7.